The van der Waals surface area contributed by atoms with Crippen LogP contribution in [0, 0.1) is 0 Å². The van der Waals surface area contributed by atoms with Crippen molar-refractivity contribution in [1.82, 2.24) is 14.9 Å². The molecule has 0 aliphatic heterocycles. The number of hydrogen-bond acceptors (Lipinski definition) is 4. The van der Waals surface area contributed by atoms with Crippen LogP contribution in [0.1, 0.15) is 12.6 Å². The largest absolute Gasteiger partial charge is 0.359 e. The van der Waals surface area contributed by atoms with E-state index in [1.807, 2.05) is 29.5 Å². The summed E-state index contributed by atoms with van der Waals surface area (Å²) in [5.74, 6) is 0.140. The molecule has 0 unspecified atom stereocenters. The molecule has 2 rings (SSSR count). The van der Waals surface area contributed by atoms with Gasteiger partial charge in [-0.25, -0.2) is 10.5 Å². The fraction of sp³-hybridized carbons (Fsp3) is 0.273. The molecule has 0 aromatic carbocycles. The normalized spacial score (nSPS) is 10.6. The molecule has 0 saturated carbocycles. The quantitative estimate of drug-likeness (QED) is 0.455. The number of aryl methyl sites for hydroxylation is 1. The number of carbonyl (C=O) groups is 1. The molecule has 0 radical (unpaired) electrons. The highest BCUT2D eigenvalue weighted by Crippen LogP contribution is 2.22. The number of anilines is 1. The van der Waals surface area contributed by atoms with Gasteiger partial charge < -0.3 is 5.32 Å². The van der Waals surface area contributed by atoms with Crippen LogP contribution < -0.4 is 10.8 Å². The number of nitrogens with zero attached hydrogens (tertiary/aromatic N) is 2. The van der Waals surface area contributed by atoms with Crippen LogP contribution in [-0.4, -0.2) is 27.0 Å². The molecule has 3 N–H and O–H groups in total. The Bertz CT molecular complexity index is 582. The Morgan fingerprint density at radius 3 is 3.00 bits per heavy atom. The van der Waals surface area contributed by atoms with Gasteiger partial charge in [0.25, 0.3) is 5.91 Å². The Morgan fingerprint density at radius 2 is 2.33 bits per heavy atom. The SMILES string of the molecule is CCc1c(NCC(=O)NO)nc2cccc(Br)n12. The summed E-state index contributed by atoms with van der Waals surface area (Å²) < 4.78 is 2.88. The molecule has 0 atom stereocenters. The average molecular weight is 313 g/mol. The minimum Gasteiger partial charge on any atom is -0.359 e. The summed E-state index contributed by atoms with van der Waals surface area (Å²) in [5.41, 5.74) is 3.35. The van der Waals surface area contributed by atoms with Crippen molar-refractivity contribution in [2.75, 3.05) is 11.9 Å². The first-order valence-electron chi connectivity index (χ1n) is 5.50. The highest BCUT2D eigenvalue weighted by Gasteiger charge is 2.12. The molecule has 0 spiro atoms. The van der Waals surface area contributed by atoms with Gasteiger partial charge in [-0.1, -0.05) is 13.0 Å². The lowest BCUT2D eigenvalue weighted by Crippen LogP contribution is -2.27. The molecule has 96 valence electrons. The second-order valence-electron chi connectivity index (χ2n) is 3.69. The molecule has 0 saturated heterocycles. The number of rotatable bonds is 4. The molecular weight excluding hydrogens is 300 g/mol. The summed E-state index contributed by atoms with van der Waals surface area (Å²) in [6.45, 7) is 1.99. The van der Waals surface area contributed by atoms with E-state index in [4.69, 9.17) is 5.21 Å². The highest BCUT2D eigenvalue weighted by molar-refractivity contribution is 9.10. The Balaban J connectivity index is 2.38. The fourth-order valence-electron chi connectivity index (χ4n) is 1.78. The van der Waals surface area contributed by atoms with Crippen LogP contribution in [0.3, 0.4) is 0 Å². The summed E-state index contributed by atoms with van der Waals surface area (Å²) in [6.07, 6.45) is 0.771. The molecule has 0 aliphatic rings. The lowest BCUT2D eigenvalue weighted by molar-refractivity contribution is -0.127. The van der Waals surface area contributed by atoms with Gasteiger partial charge in [0.1, 0.15) is 11.5 Å². The molecule has 7 heteroatoms. The van der Waals surface area contributed by atoms with Gasteiger partial charge in [-0.05, 0) is 34.5 Å². The van der Waals surface area contributed by atoms with E-state index in [1.54, 1.807) is 5.48 Å². The third-order valence-corrected chi connectivity index (χ3v) is 3.19. The monoisotopic (exact) mass is 312 g/mol. The maximum Gasteiger partial charge on any atom is 0.262 e. The van der Waals surface area contributed by atoms with Crippen LogP contribution in [0.25, 0.3) is 5.65 Å². The van der Waals surface area contributed by atoms with E-state index in [9.17, 15) is 4.79 Å². The number of pyridine rings is 1. The zero-order chi connectivity index (χ0) is 13.1. The Hall–Kier alpha value is -1.60. The van der Waals surface area contributed by atoms with E-state index in [1.165, 1.54) is 0 Å². The predicted molar refractivity (Wildman–Crippen MR) is 70.7 cm³/mol. The number of hydroxylamine groups is 1. The number of aromatic nitrogens is 2. The summed E-state index contributed by atoms with van der Waals surface area (Å²) in [7, 11) is 0. The lowest BCUT2D eigenvalue weighted by atomic mass is 10.3. The average Bonchev–Trinajstić information content (AvgIpc) is 2.74. The van der Waals surface area contributed by atoms with E-state index in [0.717, 1.165) is 22.4 Å². The highest BCUT2D eigenvalue weighted by atomic mass is 79.9. The molecule has 18 heavy (non-hydrogen) atoms. The van der Waals surface area contributed by atoms with Gasteiger partial charge in [0.15, 0.2) is 0 Å². The Morgan fingerprint density at radius 1 is 1.56 bits per heavy atom. The van der Waals surface area contributed by atoms with Crippen LogP contribution in [0.15, 0.2) is 22.8 Å². The number of halogens is 1. The predicted octanol–water partition coefficient (Wildman–Crippen LogP) is 1.58. The van der Waals surface area contributed by atoms with Gasteiger partial charge in [0.2, 0.25) is 0 Å². The zero-order valence-corrected chi connectivity index (χ0v) is 11.4. The van der Waals surface area contributed by atoms with Crippen molar-refractivity contribution < 1.29 is 10.0 Å². The summed E-state index contributed by atoms with van der Waals surface area (Å²) in [6, 6.07) is 5.72. The number of imidazole rings is 1. The number of nitrogens with one attached hydrogen (secondary N) is 2. The van der Waals surface area contributed by atoms with Gasteiger partial charge in [0.05, 0.1) is 16.8 Å². The molecule has 0 aliphatic carbocycles. The van der Waals surface area contributed by atoms with E-state index < -0.39 is 5.91 Å². The number of carbonyl (C=O) groups excluding carboxylic acids is 1. The summed E-state index contributed by atoms with van der Waals surface area (Å²) in [5, 5.41) is 11.4. The zero-order valence-electron chi connectivity index (χ0n) is 9.77. The molecule has 0 bridgehead atoms. The van der Waals surface area contributed by atoms with Crippen molar-refractivity contribution in [3.63, 3.8) is 0 Å². The van der Waals surface area contributed by atoms with Crippen LogP contribution >= 0.6 is 15.9 Å². The Kier molecular flexibility index (Phi) is 3.83. The van der Waals surface area contributed by atoms with Crippen LogP contribution in [0.5, 0.6) is 0 Å². The molecule has 2 aromatic rings. The first kappa shape index (κ1) is 12.8. The van der Waals surface area contributed by atoms with Gasteiger partial charge in [0, 0.05) is 0 Å². The number of fused-ring (bicyclic) bond motifs is 1. The summed E-state index contributed by atoms with van der Waals surface area (Å²) >= 11 is 3.47. The third kappa shape index (κ3) is 2.32. The second kappa shape index (κ2) is 5.36. The van der Waals surface area contributed by atoms with Gasteiger partial charge in [-0.15, -0.1) is 0 Å². The molecule has 2 aromatic heterocycles. The fourth-order valence-corrected chi connectivity index (χ4v) is 2.33. The van der Waals surface area contributed by atoms with E-state index in [0.29, 0.717) is 5.82 Å². The topological polar surface area (TPSA) is 78.7 Å². The maximum atomic E-state index is 11.0. The molecule has 1 amide bonds. The van der Waals surface area contributed by atoms with Crippen molar-refractivity contribution in [3.8, 4) is 0 Å². The first-order chi connectivity index (χ1) is 8.67. The van der Waals surface area contributed by atoms with Crippen molar-refractivity contribution in [1.29, 1.82) is 0 Å². The van der Waals surface area contributed by atoms with E-state index in [-0.39, 0.29) is 6.54 Å². The molecule has 6 nitrogen and oxygen atoms in total. The third-order valence-electron chi connectivity index (χ3n) is 2.57. The molecule has 2 heterocycles. The van der Waals surface area contributed by atoms with Crippen molar-refractivity contribution in [3.05, 3.63) is 28.5 Å². The second-order valence-corrected chi connectivity index (χ2v) is 4.50. The van der Waals surface area contributed by atoms with Crippen molar-refractivity contribution >= 4 is 33.3 Å². The van der Waals surface area contributed by atoms with Crippen molar-refractivity contribution in [2.45, 2.75) is 13.3 Å². The molecule has 0 fully saturated rings. The Labute approximate surface area is 112 Å². The van der Waals surface area contributed by atoms with Crippen LogP contribution in [-0.2, 0) is 11.2 Å². The minimum atomic E-state index is -0.506. The lowest BCUT2D eigenvalue weighted by Gasteiger charge is -2.05. The smallest absolute Gasteiger partial charge is 0.262 e. The minimum absolute atomic E-state index is 0.0228. The van der Waals surface area contributed by atoms with Crippen LogP contribution in [0.4, 0.5) is 5.82 Å². The maximum absolute atomic E-state index is 11.0. The van der Waals surface area contributed by atoms with Gasteiger partial charge >= 0.3 is 0 Å². The van der Waals surface area contributed by atoms with Crippen molar-refractivity contribution in [2.24, 2.45) is 0 Å². The van der Waals surface area contributed by atoms with E-state index >= 15 is 0 Å². The van der Waals surface area contributed by atoms with Gasteiger partial charge in [-0.3, -0.25) is 14.4 Å². The number of hydrogen-bond donors (Lipinski definition) is 3. The number of amides is 1. The first-order valence-corrected chi connectivity index (χ1v) is 6.29. The van der Waals surface area contributed by atoms with Gasteiger partial charge in [-0.2, -0.15) is 0 Å². The van der Waals surface area contributed by atoms with Crippen LogP contribution in [0.2, 0.25) is 0 Å². The standard InChI is InChI=1S/C11H13BrN4O2/c1-2-7-11(13-6-10(17)15-18)14-9-5-3-4-8(12)16(7)9/h3-5,13,18H,2,6H2,1H3,(H,15,17). The van der Waals surface area contributed by atoms with E-state index in [2.05, 4.69) is 26.2 Å². The molecular formula is C11H13BrN4O2. The summed E-state index contributed by atoms with van der Waals surface area (Å²) in [4.78, 5) is 15.4.